The SMILES string of the molecule is Cc1[nH]c(C2=C(O)/C(=c3\cc(C)c4c5cccc6cccc(c3=4)c65)C(=O)C2=O)c2c1-c1cccc3cccc-2c13. The van der Waals surface area contributed by atoms with Crippen LogP contribution >= 0.6 is 0 Å². The molecule has 0 atom stereocenters. The maximum atomic E-state index is 13.7. The number of aliphatic hydroxyl groups excluding tert-OH is 1. The fraction of sp³-hybridized carbons (Fsp3) is 0.0556. The van der Waals surface area contributed by atoms with Crippen molar-refractivity contribution in [2.75, 3.05) is 0 Å². The van der Waals surface area contributed by atoms with Gasteiger partial charge in [0.05, 0.1) is 16.8 Å². The molecule has 0 saturated heterocycles. The number of allylic oxidation sites excluding steroid dienone is 2. The van der Waals surface area contributed by atoms with E-state index in [4.69, 9.17) is 0 Å². The summed E-state index contributed by atoms with van der Waals surface area (Å²) in [6.45, 7) is 4.00. The van der Waals surface area contributed by atoms with Crippen molar-refractivity contribution in [1.29, 1.82) is 0 Å². The van der Waals surface area contributed by atoms with E-state index in [1.54, 1.807) is 0 Å². The number of rotatable bonds is 1. The molecule has 0 unspecified atom stereocenters. The summed E-state index contributed by atoms with van der Waals surface area (Å²) in [5, 5.41) is 21.0. The zero-order chi connectivity index (χ0) is 27.0. The summed E-state index contributed by atoms with van der Waals surface area (Å²) in [6.07, 6.45) is 0. The lowest BCUT2D eigenvalue weighted by Crippen LogP contribution is -2.16. The predicted molar refractivity (Wildman–Crippen MR) is 158 cm³/mol. The summed E-state index contributed by atoms with van der Waals surface area (Å²) in [4.78, 5) is 30.8. The number of carbonyl (C=O) groups excluding carboxylic acids is 2. The number of nitrogens with one attached hydrogen (secondary N) is 1. The lowest BCUT2D eigenvalue weighted by molar-refractivity contribution is -0.129. The van der Waals surface area contributed by atoms with Gasteiger partial charge in [-0.25, -0.2) is 0 Å². The van der Waals surface area contributed by atoms with Crippen LogP contribution in [0, 0.1) is 24.3 Å². The molecule has 1 heterocycles. The molecule has 4 aliphatic carbocycles. The monoisotopic (exact) mass is 515 g/mol. The minimum Gasteiger partial charge on any atom is -0.506 e. The fourth-order valence-electron chi connectivity index (χ4n) is 7.50. The average Bonchev–Trinajstić information content (AvgIpc) is 3.71. The highest BCUT2D eigenvalue weighted by molar-refractivity contribution is 6.70. The second-order valence-corrected chi connectivity index (χ2v) is 11.0. The number of aromatic amines is 1. The van der Waals surface area contributed by atoms with Crippen LogP contribution in [0.3, 0.4) is 0 Å². The molecule has 2 N–H and O–H groups in total. The molecule has 0 fully saturated rings. The van der Waals surface area contributed by atoms with Gasteiger partial charge < -0.3 is 10.1 Å². The zero-order valence-corrected chi connectivity index (χ0v) is 21.8. The summed E-state index contributed by atoms with van der Waals surface area (Å²) >= 11 is 0. The molecule has 40 heavy (non-hydrogen) atoms. The molecule has 188 valence electrons. The van der Waals surface area contributed by atoms with Crippen molar-refractivity contribution in [3.05, 3.63) is 117 Å². The van der Waals surface area contributed by atoms with E-state index in [1.165, 1.54) is 0 Å². The molecule has 9 rings (SSSR count). The maximum absolute atomic E-state index is 13.7. The van der Waals surface area contributed by atoms with Crippen molar-refractivity contribution >= 4 is 55.0 Å². The van der Waals surface area contributed by atoms with Gasteiger partial charge in [0.1, 0.15) is 5.76 Å². The summed E-state index contributed by atoms with van der Waals surface area (Å²) in [5.41, 5.74) is 6.54. The number of H-pyrrole nitrogens is 1. The van der Waals surface area contributed by atoms with Gasteiger partial charge in [-0.05, 0) is 84.6 Å². The van der Waals surface area contributed by atoms with Crippen LogP contribution in [0.2, 0.25) is 0 Å². The third-order valence-electron chi connectivity index (χ3n) is 9.00. The van der Waals surface area contributed by atoms with E-state index >= 15 is 0 Å². The van der Waals surface area contributed by atoms with Crippen molar-refractivity contribution in [3.63, 3.8) is 0 Å². The molecular formula is C36H21NO3. The van der Waals surface area contributed by atoms with Crippen LogP contribution in [0.15, 0.2) is 84.6 Å². The molecule has 4 aliphatic rings. The molecule has 0 spiro atoms. The second-order valence-electron chi connectivity index (χ2n) is 11.0. The van der Waals surface area contributed by atoms with Gasteiger partial charge in [-0.1, -0.05) is 72.8 Å². The summed E-state index contributed by atoms with van der Waals surface area (Å²) in [6, 6.07) is 26.7. The minimum absolute atomic E-state index is 0.0514. The van der Waals surface area contributed by atoms with Gasteiger partial charge in [-0.3, -0.25) is 9.59 Å². The molecule has 4 aromatic carbocycles. The van der Waals surface area contributed by atoms with E-state index in [-0.39, 0.29) is 16.9 Å². The summed E-state index contributed by atoms with van der Waals surface area (Å²) in [5.74, 6) is -1.60. The molecule has 0 bridgehead atoms. The van der Waals surface area contributed by atoms with Gasteiger partial charge >= 0.3 is 0 Å². The van der Waals surface area contributed by atoms with Crippen molar-refractivity contribution in [3.8, 4) is 22.3 Å². The third-order valence-corrected chi connectivity index (χ3v) is 9.00. The molecule has 4 heteroatoms. The van der Waals surface area contributed by atoms with E-state index in [9.17, 15) is 14.7 Å². The highest BCUT2D eigenvalue weighted by atomic mass is 16.3. The van der Waals surface area contributed by atoms with E-state index < -0.39 is 11.6 Å². The Bertz CT molecular complexity index is 2480. The first-order valence-electron chi connectivity index (χ1n) is 13.4. The van der Waals surface area contributed by atoms with E-state index in [0.717, 1.165) is 76.3 Å². The first-order valence-corrected chi connectivity index (χ1v) is 13.4. The molecule has 5 aromatic rings. The Morgan fingerprint density at radius 3 is 1.93 bits per heavy atom. The van der Waals surface area contributed by atoms with Crippen LogP contribution in [0.5, 0.6) is 0 Å². The van der Waals surface area contributed by atoms with E-state index in [1.807, 2.05) is 50.2 Å². The van der Waals surface area contributed by atoms with Crippen LogP contribution in [0.1, 0.15) is 17.0 Å². The Morgan fingerprint density at radius 1 is 0.650 bits per heavy atom. The zero-order valence-electron chi connectivity index (χ0n) is 21.8. The van der Waals surface area contributed by atoms with Crippen LogP contribution in [0.25, 0.3) is 65.7 Å². The normalized spacial score (nSPS) is 16.1. The van der Waals surface area contributed by atoms with E-state index in [0.29, 0.717) is 10.9 Å². The van der Waals surface area contributed by atoms with Crippen molar-refractivity contribution in [2.24, 2.45) is 0 Å². The Labute approximate surface area is 227 Å². The Balaban J connectivity index is 1.41. The molecule has 1 aromatic heterocycles. The van der Waals surface area contributed by atoms with Gasteiger partial charge in [0.2, 0.25) is 11.6 Å². The number of benzene rings is 4. The number of ketones is 2. The number of carbonyl (C=O) groups is 2. The predicted octanol–water partition coefficient (Wildman–Crippen LogP) is 6.89. The maximum Gasteiger partial charge on any atom is 0.239 e. The van der Waals surface area contributed by atoms with Crippen molar-refractivity contribution < 1.29 is 14.7 Å². The number of hydrogen-bond donors (Lipinski definition) is 2. The smallest absolute Gasteiger partial charge is 0.239 e. The Hall–Kier alpha value is -5.22. The highest BCUT2D eigenvalue weighted by Gasteiger charge is 2.42. The number of aliphatic hydroxyl groups is 1. The first kappa shape index (κ1) is 21.7. The van der Waals surface area contributed by atoms with Gasteiger partial charge in [0.25, 0.3) is 0 Å². The summed E-state index contributed by atoms with van der Waals surface area (Å²) in [7, 11) is 0. The number of aromatic nitrogens is 1. The highest BCUT2D eigenvalue weighted by Crippen LogP contribution is 2.52. The van der Waals surface area contributed by atoms with Crippen molar-refractivity contribution in [1.82, 2.24) is 4.98 Å². The van der Waals surface area contributed by atoms with Crippen LogP contribution < -0.4 is 5.22 Å². The molecule has 0 aliphatic heterocycles. The van der Waals surface area contributed by atoms with Gasteiger partial charge in [0, 0.05) is 16.8 Å². The van der Waals surface area contributed by atoms with Crippen LogP contribution in [-0.4, -0.2) is 21.7 Å². The van der Waals surface area contributed by atoms with Gasteiger partial charge in [-0.2, -0.15) is 0 Å². The Morgan fingerprint density at radius 2 is 1.23 bits per heavy atom. The molecule has 4 nitrogen and oxygen atoms in total. The van der Waals surface area contributed by atoms with E-state index in [2.05, 4.69) is 47.4 Å². The molecule has 0 radical (unpaired) electrons. The fourth-order valence-corrected chi connectivity index (χ4v) is 7.50. The minimum atomic E-state index is -0.680. The topological polar surface area (TPSA) is 70.2 Å². The van der Waals surface area contributed by atoms with Crippen LogP contribution in [0.4, 0.5) is 0 Å². The number of hydrogen-bond acceptors (Lipinski definition) is 3. The Kier molecular flexibility index (Phi) is 3.82. The standard InChI is InChI=1S/C36H21NO3/c1-16-15-24(29-22-13-5-9-18-7-3-11-20(25(16)29)27(18)22)31-34(38)32(36(40)35(31)39)33-30-23-14-6-10-19-8-4-12-21(28(19)23)26(30)17(2)37-33/h3-15,37-38H,1-2H3/b31-24-. The largest absolute Gasteiger partial charge is 0.506 e. The quantitative estimate of drug-likeness (QED) is 0.234. The number of fused-ring (bicyclic) bond motifs is 5. The number of aryl methyl sites for hydroxylation is 2. The number of Topliss-reactive ketones (excluding diaryl/α,β-unsaturated/α-hetero) is 2. The molecule has 0 saturated carbocycles. The second kappa shape index (κ2) is 7.04. The third kappa shape index (κ3) is 2.35. The lowest BCUT2D eigenvalue weighted by Gasteiger charge is -2.05. The van der Waals surface area contributed by atoms with Crippen LogP contribution in [-0.2, 0) is 9.59 Å². The lowest BCUT2D eigenvalue weighted by atomic mass is 9.99. The average molecular weight is 516 g/mol. The molecule has 0 amide bonds. The first-order chi connectivity index (χ1) is 19.5. The van der Waals surface area contributed by atoms with Gasteiger partial charge in [0.15, 0.2) is 0 Å². The molecular weight excluding hydrogens is 494 g/mol. The van der Waals surface area contributed by atoms with Crippen molar-refractivity contribution in [2.45, 2.75) is 13.8 Å². The van der Waals surface area contributed by atoms with Gasteiger partial charge in [-0.15, -0.1) is 0 Å². The summed E-state index contributed by atoms with van der Waals surface area (Å²) < 4.78 is 0.